The summed E-state index contributed by atoms with van der Waals surface area (Å²) in [5.74, 6) is 3.54. The van der Waals surface area contributed by atoms with Crippen LogP contribution in [-0.4, -0.2) is 22.1 Å². The minimum Gasteiger partial charge on any atom is -0.134 e. The molecule has 43 heavy (non-hydrogen) atoms. The van der Waals surface area contributed by atoms with Crippen LogP contribution in [0.15, 0.2) is 90.3 Å². The maximum absolute atomic E-state index is 2.35. The topological polar surface area (TPSA) is 0 Å². The van der Waals surface area contributed by atoms with E-state index in [0.29, 0.717) is 0 Å². The first kappa shape index (κ1) is 32.1. The lowest BCUT2D eigenvalue weighted by Crippen LogP contribution is -1.91. The Hall–Kier alpha value is -0.880. The fourth-order valence-corrected chi connectivity index (χ4v) is 14.3. The highest BCUT2D eigenvalue weighted by Crippen LogP contribution is 2.45. The Morgan fingerprint density at radius 1 is 0.512 bits per heavy atom. The molecule has 0 atom stereocenters. The van der Waals surface area contributed by atoms with Gasteiger partial charge in [-0.15, -0.1) is 92.0 Å². The van der Waals surface area contributed by atoms with E-state index in [1.165, 1.54) is 98.6 Å². The van der Waals surface area contributed by atoms with Crippen molar-refractivity contribution < 1.29 is 0 Å². The minimum absolute atomic E-state index is 1.18. The van der Waals surface area contributed by atoms with Crippen LogP contribution in [0.4, 0.5) is 0 Å². The number of hydrogen-bond acceptors (Lipinski definition) is 8. The Labute approximate surface area is 292 Å². The van der Waals surface area contributed by atoms with E-state index in [1.807, 2.05) is 103 Å². The Kier molecular flexibility index (Phi) is 11.6. The summed E-state index contributed by atoms with van der Waals surface area (Å²) in [6.45, 7) is 6.76. The van der Waals surface area contributed by atoms with Crippen LogP contribution < -0.4 is 0 Å². The standard InChI is InChI=1S/C34H33S9/c1-4-19-35-31-16-13-25(41-31)22-7-10-28(38-22)34(29-11-8-23(39-29)26-14-17-32(42-26)36-20-5-2)30-12-9-24(40-30)27-15-18-33(43-27)37-21-6-3/h7-18H,4-6,19-21H2,1-3H3/q+1. The first-order valence-corrected chi connectivity index (χ1v) is 22.4. The van der Waals surface area contributed by atoms with Crippen molar-refractivity contribution in [1.29, 1.82) is 0 Å². The maximum Gasteiger partial charge on any atom is 0.248 e. The van der Waals surface area contributed by atoms with Gasteiger partial charge in [0.1, 0.15) is 0 Å². The van der Waals surface area contributed by atoms with Crippen molar-refractivity contribution in [3.05, 3.63) is 92.4 Å². The van der Waals surface area contributed by atoms with Crippen LogP contribution in [-0.2, 0) is 11.4 Å². The van der Waals surface area contributed by atoms with Gasteiger partial charge < -0.3 is 0 Å². The van der Waals surface area contributed by atoms with E-state index in [2.05, 4.69) is 93.6 Å². The van der Waals surface area contributed by atoms with Crippen LogP contribution >= 0.6 is 92.0 Å². The average Bonchev–Trinajstić information content (AvgIpc) is 3.86. The third-order valence-corrected chi connectivity index (χ3v) is 17.8. The number of thiophene rings is 5. The summed E-state index contributed by atoms with van der Waals surface area (Å²) < 4.78 is 4.25. The summed E-state index contributed by atoms with van der Waals surface area (Å²) in [7, 11) is 0. The van der Waals surface area contributed by atoms with Gasteiger partial charge >= 0.3 is 0 Å². The zero-order chi connectivity index (χ0) is 29.6. The van der Waals surface area contributed by atoms with E-state index in [4.69, 9.17) is 0 Å². The normalized spacial score (nSPS) is 12.9. The van der Waals surface area contributed by atoms with Gasteiger partial charge in [0, 0.05) is 41.4 Å². The van der Waals surface area contributed by atoms with Crippen molar-refractivity contribution in [1.82, 2.24) is 0 Å². The average molecular weight is 730 g/mol. The molecule has 0 radical (unpaired) electrons. The molecule has 0 nitrogen and oxygen atoms in total. The van der Waals surface area contributed by atoms with Crippen molar-refractivity contribution in [2.24, 2.45) is 0 Å². The second-order valence-corrected chi connectivity index (χ2v) is 20.5. The molecular weight excluding hydrogens is 697 g/mol. The summed E-state index contributed by atoms with van der Waals surface area (Å²) in [4.78, 5) is 12.3. The van der Waals surface area contributed by atoms with Crippen molar-refractivity contribution in [3.63, 3.8) is 0 Å². The fourth-order valence-electron chi connectivity index (χ4n) is 4.38. The molecule has 222 valence electrons. The van der Waals surface area contributed by atoms with Gasteiger partial charge in [-0.05, 0) is 97.2 Å². The van der Waals surface area contributed by atoms with E-state index >= 15 is 0 Å². The van der Waals surface area contributed by atoms with Gasteiger partial charge in [0.2, 0.25) is 21.1 Å². The van der Waals surface area contributed by atoms with Crippen molar-refractivity contribution in [2.45, 2.75) is 52.7 Å². The van der Waals surface area contributed by atoms with E-state index < -0.39 is 0 Å². The van der Waals surface area contributed by atoms with E-state index in [0.717, 1.165) is 0 Å². The smallest absolute Gasteiger partial charge is 0.134 e. The molecule has 0 N–H and O–H groups in total. The summed E-state index contributed by atoms with van der Waals surface area (Å²) >= 11 is 17.5. The van der Waals surface area contributed by atoms with E-state index in [1.54, 1.807) is 0 Å². The summed E-state index contributed by atoms with van der Waals surface area (Å²) in [6.07, 6.45) is 8.30. The third kappa shape index (κ3) is 7.92. The third-order valence-electron chi connectivity index (χ3n) is 6.38. The number of thioether (sulfide) groups is 3. The molecule has 0 aliphatic carbocycles. The predicted octanol–water partition coefficient (Wildman–Crippen LogP) is 13.5. The molecule has 6 rings (SSSR count). The largest absolute Gasteiger partial charge is 0.248 e. The molecule has 0 aromatic carbocycles. The molecule has 0 fully saturated rings. The number of rotatable bonds is 14. The van der Waals surface area contributed by atoms with Gasteiger partial charge in [-0.3, -0.25) is 0 Å². The highest BCUT2D eigenvalue weighted by Gasteiger charge is 2.29. The van der Waals surface area contributed by atoms with Crippen LogP contribution in [0.25, 0.3) is 25.1 Å². The number of allylic oxidation sites excluding steroid dienone is 2. The Bertz CT molecular complexity index is 1660. The summed E-state index contributed by atoms with van der Waals surface area (Å²) in [6, 6.07) is 23.2. The molecule has 6 heterocycles. The monoisotopic (exact) mass is 729 g/mol. The van der Waals surface area contributed by atoms with E-state index in [-0.39, 0.29) is 0 Å². The quantitative estimate of drug-likeness (QED) is 0.0634. The molecule has 9 heteroatoms. The van der Waals surface area contributed by atoms with Gasteiger partial charge in [0.15, 0.2) is 0 Å². The van der Waals surface area contributed by atoms with Gasteiger partial charge in [-0.25, -0.2) is 0 Å². The van der Waals surface area contributed by atoms with Crippen LogP contribution in [0.2, 0.25) is 0 Å². The first-order chi connectivity index (χ1) is 21.1. The number of hydrogen-bond donors (Lipinski definition) is 0. The minimum atomic E-state index is 1.18. The van der Waals surface area contributed by atoms with Crippen LogP contribution in [0, 0.1) is 0 Å². The molecule has 0 bridgehead atoms. The molecule has 5 aromatic rings. The molecule has 1 aliphatic rings. The SMILES string of the molecule is CCCSc1ccc(C2=[S+]C(=C(c3ccc(-c4ccc(SCCC)s4)s3)c3ccc(-c4ccc(SCCC)s4)s3)C=C2)s1. The zero-order valence-electron chi connectivity index (χ0n) is 24.3. The van der Waals surface area contributed by atoms with Crippen LogP contribution in [0.3, 0.4) is 0 Å². The molecule has 1 aliphatic heterocycles. The molecule has 0 amide bonds. The summed E-state index contributed by atoms with van der Waals surface area (Å²) in [5.41, 5.74) is 1.37. The summed E-state index contributed by atoms with van der Waals surface area (Å²) in [5, 5.41) is 0. The van der Waals surface area contributed by atoms with Crippen LogP contribution in [0.1, 0.15) is 54.7 Å². The Morgan fingerprint density at radius 3 is 1.42 bits per heavy atom. The molecule has 0 saturated carbocycles. The van der Waals surface area contributed by atoms with Gasteiger partial charge in [0.05, 0.1) is 23.1 Å². The zero-order valence-corrected chi connectivity index (χ0v) is 31.7. The lowest BCUT2D eigenvalue weighted by molar-refractivity contribution is 1.11. The predicted molar refractivity (Wildman–Crippen MR) is 209 cm³/mol. The van der Waals surface area contributed by atoms with E-state index in [9.17, 15) is 0 Å². The highest BCUT2D eigenvalue weighted by atomic mass is 32.2. The van der Waals surface area contributed by atoms with Crippen molar-refractivity contribution in [3.8, 4) is 19.5 Å². The van der Waals surface area contributed by atoms with Crippen molar-refractivity contribution in [2.75, 3.05) is 17.3 Å². The van der Waals surface area contributed by atoms with Gasteiger partial charge in [-0.2, -0.15) is 0 Å². The maximum atomic E-state index is 2.35. The van der Waals surface area contributed by atoms with Gasteiger partial charge in [-0.1, -0.05) is 20.8 Å². The molecule has 0 spiro atoms. The molecule has 5 aromatic heterocycles. The first-order valence-electron chi connectivity index (χ1n) is 14.5. The second-order valence-electron chi connectivity index (χ2n) is 9.77. The van der Waals surface area contributed by atoms with Crippen LogP contribution in [0.5, 0.6) is 0 Å². The fraction of sp³-hybridized carbons (Fsp3) is 0.265. The highest BCUT2D eigenvalue weighted by molar-refractivity contribution is 8.01. The second kappa shape index (κ2) is 15.6. The molecule has 0 saturated heterocycles. The van der Waals surface area contributed by atoms with Crippen molar-refractivity contribution >= 4 is 114 Å². The molecular formula is C34H33S9+. The lowest BCUT2D eigenvalue weighted by atomic mass is 10.1. The Morgan fingerprint density at radius 2 is 0.930 bits per heavy atom. The van der Waals surface area contributed by atoms with Gasteiger partial charge in [0.25, 0.3) is 0 Å². The molecule has 0 unspecified atom stereocenters. The lowest BCUT2D eigenvalue weighted by Gasteiger charge is -2.00. The Balaban J connectivity index is 1.35.